The van der Waals surface area contributed by atoms with Crippen LogP contribution in [0.3, 0.4) is 0 Å². The molecule has 1 saturated heterocycles. The zero-order chi connectivity index (χ0) is 12.4. The fourth-order valence-corrected chi connectivity index (χ4v) is 1.85. The number of amides is 2. The number of nitriles is 1. The highest BCUT2D eigenvalue weighted by molar-refractivity contribution is 6.03. The summed E-state index contributed by atoms with van der Waals surface area (Å²) < 4.78 is 0. The minimum Gasteiger partial charge on any atom is -0.278 e. The third-order valence-corrected chi connectivity index (χ3v) is 2.80. The zero-order valence-corrected chi connectivity index (χ0v) is 9.38. The van der Waals surface area contributed by atoms with E-state index in [2.05, 4.69) is 4.98 Å². The molecule has 0 aliphatic carbocycles. The molecule has 1 fully saturated rings. The number of imide groups is 1. The quantitative estimate of drug-likeness (QED) is 0.704. The highest BCUT2D eigenvalue weighted by Gasteiger charge is 2.35. The molecule has 0 spiro atoms. The molecule has 0 N–H and O–H groups in total. The summed E-state index contributed by atoms with van der Waals surface area (Å²) in [5, 5.41) is 8.88. The molecule has 1 atom stereocenters. The number of hydrogen-bond donors (Lipinski definition) is 0. The Morgan fingerprint density at radius 3 is 2.94 bits per heavy atom. The first-order valence-electron chi connectivity index (χ1n) is 5.31. The molecule has 2 rings (SSSR count). The van der Waals surface area contributed by atoms with Gasteiger partial charge in [-0.15, -0.1) is 0 Å². The Bertz CT molecular complexity index is 519. The van der Waals surface area contributed by atoms with Gasteiger partial charge in [-0.05, 0) is 6.07 Å². The first-order valence-corrected chi connectivity index (χ1v) is 5.31. The molecule has 2 heterocycles. The lowest BCUT2D eigenvalue weighted by Crippen LogP contribution is -2.30. The SMILES string of the molecule is CC1CC(=O)N(Cc2cccnc2C#N)C1=O. The maximum Gasteiger partial charge on any atom is 0.232 e. The lowest BCUT2D eigenvalue weighted by molar-refractivity contribution is -0.139. The first kappa shape index (κ1) is 11.3. The Kier molecular flexibility index (Phi) is 2.88. The first-order chi connectivity index (χ1) is 8.13. The van der Waals surface area contributed by atoms with Gasteiger partial charge in [0.15, 0.2) is 0 Å². The molecule has 2 amide bonds. The van der Waals surface area contributed by atoms with Crippen LogP contribution in [-0.2, 0) is 16.1 Å². The van der Waals surface area contributed by atoms with E-state index in [9.17, 15) is 9.59 Å². The minimum atomic E-state index is -0.260. The molecule has 17 heavy (non-hydrogen) atoms. The van der Waals surface area contributed by atoms with Gasteiger partial charge in [0.1, 0.15) is 11.8 Å². The summed E-state index contributed by atoms with van der Waals surface area (Å²) in [4.78, 5) is 28.4. The van der Waals surface area contributed by atoms with Gasteiger partial charge in [0.2, 0.25) is 11.8 Å². The van der Waals surface area contributed by atoms with Gasteiger partial charge in [0.25, 0.3) is 0 Å². The molecule has 5 nitrogen and oxygen atoms in total. The molecule has 86 valence electrons. The van der Waals surface area contributed by atoms with Gasteiger partial charge < -0.3 is 0 Å². The molecule has 1 unspecified atom stereocenters. The summed E-state index contributed by atoms with van der Waals surface area (Å²) in [6.45, 7) is 1.87. The molecule has 0 radical (unpaired) electrons. The van der Waals surface area contributed by atoms with Crippen LogP contribution in [0.2, 0.25) is 0 Å². The molecule has 5 heteroatoms. The largest absolute Gasteiger partial charge is 0.278 e. The van der Waals surface area contributed by atoms with E-state index >= 15 is 0 Å². The van der Waals surface area contributed by atoms with Gasteiger partial charge in [-0.1, -0.05) is 13.0 Å². The molecule has 1 aromatic heterocycles. The molecule has 0 saturated carbocycles. The highest BCUT2D eigenvalue weighted by Crippen LogP contribution is 2.21. The summed E-state index contributed by atoms with van der Waals surface area (Å²) in [5.74, 6) is -0.623. The monoisotopic (exact) mass is 229 g/mol. The van der Waals surface area contributed by atoms with Crippen molar-refractivity contribution in [3.05, 3.63) is 29.6 Å². The van der Waals surface area contributed by atoms with Crippen molar-refractivity contribution in [2.24, 2.45) is 5.92 Å². The number of aromatic nitrogens is 1. The zero-order valence-electron chi connectivity index (χ0n) is 9.38. The van der Waals surface area contributed by atoms with E-state index in [-0.39, 0.29) is 36.4 Å². The van der Waals surface area contributed by atoms with Crippen molar-refractivity contribution in [1.29, 1.82) is 5.26 Å². The van der Waals surface area contributed by atoms with E-state index in [1.165, 1.54) is 11.1 Å². The van der Waals surface area contributed by atoms with Crippen molar-refractivity contribution in [3.63, 3.8) is 0 Å². The van der Waals surface area contributed by atoms with E-state index in [0.29, 0.717) is 5.56 Å². The van der Waals surface area contributed by atoms with Gasteiger partial charge in [0.05, 0.1) is 6.54 Å². The number of carbonyl (C=O) groups excluding carboxylic acids is 2. The summed E-state index contributed by atoms with van der Waals surface area (Å²) in [6.07, 6.45) is 1.76. The predicted molar refractivity (Wildman–Crippen MR) is 58.3 cm³/mol. The minimum absolute atomic E-state index is 0.138. The summed E-state index contributed by atoms with van der Waals surface area (Å²) in [6, 6.07) is 5.34. The van der Waals surface area contributed by atoms with E-state index in [1.807, 2.05) is 6.07 Å². The van der Waals surface area contributed by atoms with Crippen molar-refractivity contribution in [1.82, 2.24) is 9.88 Å². The smallest absolute Gasteiger partial charge is 0.232 e. The average molecular weight is 229 g/mol. The topological polar surface area (TPSA) is 74.1 Å². The van der Waals surface area contributed by atoms with E-state index < -0.39 is 0 Å². The number of pyridine rings is 1. The molecular weight excluding hydrogens is 218 g/mol. The molecule has 1 aromatic rings. The van der Waals surface area contributed by atoms with E-state index in [4.69, 9.17) is 5.26 Å². The van der Waals surface area contributed by atoms with Crippen LogP contribution in [0.25, 0.3) is 0 Å². The van der Waals surface area contributed by atoms with Crippen LogP contribution < -0.4 is 0 Å². The van der Waals surface area contributed by atoms with Crippen LogP contribution in [-0.4, -0.2) is 21.7 Å². The fourth-order valence-electron chi connectivity index (χ4n) is 1.85. The Morgan fingerprint density at radius 1 is 1.59 bits per heavy atom. The molecular formula is C12H11N3O2. The standard InChI is InChI=1S/C12H11N3O2/c1-8-5-11(16)15(12(8)17)7-9-3-2-4-14-10(9)6-13/h2-4,8H,5,7H2,1H3. The highest BCUT2D eigenvalue weighted by atomic mass is 16.2. The second-order valence-electron chi connectivity index (χ2n) is 4.05. The molecule has 0 bridgehead atoms. The average Bonchev–Trinajstić information content (AvgIpc) is 2.57. The van der Waals surface area contributed by atoms with Crippen LogP contribution in [0.5, 0.6) is 0 Å². The van der Waals surface area contributed by atoms with E-state index in [1.54, 1.807) is 19.1 Å². The van der Waals surface area contributed by atoms with Crippen molar-refractivity contribution in [2.45, 2.75) is 19.9 Å². The molecule has 1 aliphatic rings. The van der Waals surface area contributed by atoms with Gasteiger partial charge in [-0.3, -0.25) is 14.5 Å². The van der Waals surface area contributed by atoms with Crippen LogP contribution >= 0.6 is 0 Å². The molecule has 1 aliphatic heterocycles. The summed E-state index contributed by atoms with van der Waals surface area (Å²) in [7, 11) is 0. The summed E-state index contributed by atoms with van der Waals surface area (Å²) >= 11 is 0. The van der Waals surface area contributed by atoms with Crippen molar-refractivity contribution < 1.29 is 9.59 Å². The lowest BCUT2D eigenvalue weighted by atomic mass is 10.1. The fraction of sp³-hybridized carbons (Fsp3) is 0.333. The number of rotatable bonds is 2. The second kappa shape index (κ2) is 4.34. The third kappa shape index (κ3) is 2.02. The maximum absolute atomic E-state index is 11.7. The number of hydrogen-bond acceptors (Lipinski definition) is 4. The van der Waals surface area contributed by atoms with Crippen LogP contribution in [0.15, 0.2) is 18.3 Å². The van der Waals surface area contributed by atoms with Crippen LogP contribution in [0.1, 0.15) is 24.6 Å². The maximum atomic E-state index is 11.7. The Labute approximate surface area is 98.7 Å². The van der Waals surface area contributed by atoms with Crippen molar-refractivity contribution in [3.8, 4) is 6.07 Å². The Morgan fingerprint density at radius 2 is 2.35 bits per heavy atom. The lowest BCUT2D eigenvalue weighted by Gasteiger charge is -2.14. The van der Waals surface area contributed by atoms with Gasteiger partial charge in [-0.2, -0.15) is 5.26 Å². The number of likely N-dealkylation sites (tertiary alicyclic amines) is 1. The number of carbonyl (C=O) groups is 2. The third-order valence-electron chi connectivity index (χ3n) is 2.80. The second-order valence-corrected chi connectivity index (χ2v) is 4.05. The van der Waals surface area contributed by atoms with Crippen LogP contribution in [0.4, 0.5) is 0 Å². The summed E-state index contributed by atoms with van der Waals surface area (Å²) in [5.41, 5.74) is 0.860. The van der Waals surface area contributed by atoms with E-state index in [0.717, 1.165) is 0 Å². The number of nitrogens with zero attached hydrogens (tertiary/aromatic N) is 3. The van der Waals surface area contributed by atoms with Gasteiger partial charge >= 0.3 is 0 Å². The van der Waals surface area contributed by atoms with Crippen molar-refractivity contribution >= 4 is 11.8 Å². The van der Waals surface area contributed by atoms with Crippen LogP contribution in [0, 0.1) is 17.2 Å². The van der Waals surface area contributed by atoms with Crippen molar-refractivity contribution in [2.75, 3.05) is 0 Å². The Hall–Kier alpha value is -2.22. The predicted octanol–water partition coefficient (Wildman–Crippen LogP) is 0.848. The van der Waals surface area contributed by atoms with Gasteiger partial charge in [-0.25, -0.2) is 4.98 Å². The Balaban J connectivity index is 2.25. The molecule has 0 aromatic carbocycles. The van der Waals surface area contributed by atoms with Gasteiger partial charge in [0, 0.05) is 24.1 Å². The normalized spacial score (nSPS) is 19.5.